The van der Waals surface area contributed by atoms with E-state index in [0.29, 0.717) is 11.5 Å². The highest BCUT2D eigenvalue weighted by atomic mass is 16.4. The summed E-state index contributed by atoms with van der Waals surface area (Å²) >= 11 is 0. The second-order valence-corrected chi connectivity index (χ2v) is 4.82. The number of nitriles is 1. The first-order chi connectivity index (χ1) is 10.5. The van der Waals surface area contributed by atoms with Gasteiger partial charge in [-0.1, -0.05) is 31.1 Å². The molecule has 0 fully saturated rings. The fraction of sp³-hybridized carbons (Fsp3) is 0.200. The molecular weight excluding hydrogens is 284 g/mol. The molecule has 2 rings (SSSR count). The Morgan fingerprint density at radius 1 is 1.36 bits per heavy atom. The number of benzene rings is 1. The summed E-state index contributed by atoms with van der Waals surface area (Å²) in [4.78, 5) is 12.0. The maximum absolute atomic E-state index is 12.0. The molecule has 0 atom stereocenters. The van der Waals surface area contributed by atoms with Crippen molar-refractivity contribution < 1.29 is 14.3 Å². The monoisotopic (exact) mass is 298 g/mol. The van der Waals surface area contributed by atoms with Crippen LogP contribution in [0, 0.1) is 11.3 Å². The topological polar surface area (TPSA) is 112 Å². The number of phenols is 1. The lowest BCUT2D eigenvalue weighted by Crippen LogP contribution is -2.13. The van der Waals surface area contributed by atoms with Gasteiger partial charge in [-0.25, -0.2) is 0 Å². The first-order valence-corrected chi connectivity index (χ1v) is 6.55. The number of hydrogen-bond donors (Lipinski definition) is 2. The van der Waals surface area contributed by atoms with Gasteiger partial charge in [-0.2, -0.15) is 5.26 Å². The zero-order valence-electron chi connectivity index (χ0n) is 12.1. The summed E-state index contributed by atoms with van der Waals surface area (Å²) in [6, 6.07) is 7.86. The third kappa shape index (κ3) is 3.70. The predicted octanol–water partition coefficient (Wildman–Crippen LogP) is 2.44. The number of amides is 1. The van der Waals surface area contributed by atoms with Gasteiger partial charge in [-0.05, 0) is 23.8 Å². The predicted molar refractivity (Wildman–Crippen MR) is 78.7 cm³/mol. The molecule has 0 saturated heterocycles. The van der Waals surface area contributed by atoms with Gasteiger partial charge < -0.3 is 9.52 Å². The van der Waals surface area contributed by atoms with Crippen LogP contribution in [0.5, 0.6) is 5.75 Å². The van der Waals surface area contributed by atoms with Crippen LogP contribution in [0.25, 0.3) is 6.08 Å². The molecule has 0 unspecified atom stereocenters. The normalized spacial score (nSPS) is 11.3. The van der Waals surface area contributed by atoms with E-state index in [-0.39, 0.29) is 23.3 Å². The summed E-state index contributed by atoms with van der Waals surface area (Å²) < 4.78 is 5.25. The molecule has 0 aliphatic carbocycles. The Hall–Kier alpha value is -3.14. The number of aromatic nitrogens is 2. The van der Waals surface area contributed by atoms with E-state index in [0.717, 1.165) is 0 Å². The molecule has 0 aliphatic heterocycles. The van der Waals surface area contributed by atoms with Crippen LogP contribution in [0.2, 0.25) is 0 Å². The van der Waals surface area contributed by atoms with E-state index in [4.69, 9.17) is 9.68 Å². The second-order valence-electron chi connectivity index (χ2n) is 4.82. The van der Waals surface area contributed by atoms with Crippen LogP contribution in [0.4, 0.5) is 6.01 Å². The number of rotatable bonds is 4. The molecule has 2 aromatic rings. The van der Waals surface area contributed by atoms with Gasteiger partial charge in [0.25, 0.3) is 5.91 Å². The smallest absolute Gasteiger partial charge is 0.322 e. The molecule has 1 heterocycles. The Kier molecular flexibility index (Phi) is 4.53. The Bertz CT molecular complexity index is 739. The summed E-state index contributed by atoms with van der Waals surface area (Å²) in [7, 11) is 0. The Balaban J connectivity index is 2.14. The number of carbonyl (C=O) groups is 1. The first-order valence-electron chi connectivity index (χ1n) is 6.55. The van der Waals surface area contributed by atoms with Crippen molar-refractivity contribution in [2.45, 2.75) is 19.8 Å². The van der Waals surface area contributed by atoms with Crippen LogP contribution < -0.4 is 5.32 Å². The van der Waals surface area contributed by atoms with Crippen molar-refractivity contribution >= 4 is 18.0 Å². The fourth-order valence-corrected chi connectivity index (χ4v) is 1.57. The van der Waals surface area contributed by atoms with Crippen molar-refractivity contribution in [3.8, 4) is 11.8 Å². The van der Waals surface area contributed by atoms with Gasteiger partial charge in [0.05, 0.1) is 0 Å². The number of hydrogen-bond acceptors (Lipinski definition) is 6. The van der Waals surface area contributed by atoms with Gasteiger partial charge in [0.2, 0.25) is 5.89 Å². The van der Waals surface area contributed by atoms with Crippen molar-refractivity contribution in [1.82, 2.24) is 10.2 Å². The van der Waals surface area contributed by atoms with Gasteiger partial charge >= 0.3 is 6.01 Å². The van der Waals surface area contributed by atoms with E-state index in [1.807, 2.05) is 19.9 Å². The van der Waals surface area contributed by atoms with Gasteiger partial charge in [0.1, 0.15) is 17.4 Å². The maximum atomic E-state index is 12.0. The molecule has 112 valence electrons. The molecule has 0 saturated carbocycles. The van der Waals surface area contributed by atoms with Gasteiger partial charge in [0.15, 0.2) is 0 Å². The molecule has 22 heavy (non-hydrogen) atoms. The average molecular weight is 298 g/mol. The summed E-state index contributed by atoms with van der Waals surface area (Å²) in [5.41, 5.74) is 0.493. The number of aromatic hydroxyl groups is 1. The van der Waals surface area contributed by atoms with Gasteiger partial charge in [0, 0.05) is 5.92 Å². The lowest BCUT2D eigenvalue weighted by Gasteiger charge is -2.00. The molecule has 2 N–H and O–H groups in total. The van der Waals surface area contributed by atoms with Crippen LogP contribution in [0.3, 0.4) is 0 Å². The van der Waals surface area contributed by atoms with E-state index < -0.39 is 5.91 Å². The van der Waals surface area contributed by atoms with Crippen molar-refractivity contribution in [2.24, 2.45) is 0 Å². The zero-order valence-corrected chi connectivity index (χ0v) is 12.1. The minimum absolute atomic E-state index is 0.0427. The zero-order chi connectivity index (χ0) is 16.1. The number of carbonyl (C=O) groups excluding carboxylic acids is 1. The Morgan fingerprint density at radius 2 is 2.05 bits per heavy atom. The summed E-state index contributed by atoms with van der Waals surface area (Å²) in [5, 5.41) is 28.2. The lowest BCUT2D eigenvalue weighted by molar-refractivity contribution is -0.112. The maximum Gasteiger partial charge on any atom is 0.322 e. The van der Waals surface area contributed by atoms with Gasteiger partial charge in [-0.3, -0.25) is 10.1 Å². The third-order valence-electron chi connectivity index (χ3n) is 2.72. The van der Waals surface area contributed by atoms with Crippen molar-refractivity contribution in [3.63, 3.8) is 0 Å². The molecule has 1 amide bonds. The van der Waals surface area contributed by atoms with E-state index in [1.54, 1.807) is 12.1 Å². The first kappa shape index (κ1) is 15.3. The minimum atomic E-state index is -0.644. The van der Waals surface area contributed by atoms with Crippen molar-refractivity contribution in [2.75, 3.05) is 5.32 Å². The quantitative estimate of drug-likeness (QED) is 0.662. The molecule has 0 radical (unpaired) electrons. The number of phenolic OH excluding ortho intramolecular Hbond substituents is 1. The average Bonchev–Trinajstić information content (AvgIpc) is 2.95. The standard InChI is InChI=1S/C15H14N4O3/c1-9(2)14-18-19-15(22-14)17-13(21)11(8-16)7-10-3-5-12(20)6-4-10/h3-7,9,20H,1-2H3,(H,17,19,21)/b11-7+. The molecule has 1 aromatic carbocycles. The molecule has 1 aromatic heterocycles. The van der Waals surface area contributed by atoms with Crippen LogP contribution in [0.15, 0.2) is 34.3 Å². The Labute approximate surface area is 126 Å². The van der Waals surface area contributed by atoms with Crippen LogP contribution in [-0.2, 0) is 4.79 Å². The van der Waals surface area contributed by atoms with Crippen LogP contribution >= 0.6 is 0 Å². The van der Waals surface area contributed by atoms with E-state index in [2.05, 4.69) is 15.5 Å². The third-order valence-corrected chi connectivity index (χ3v) is 2.72. The fourth-order valence-electron chi connectivity index (χ4n) is 1.57. The lowest BCUT2D eigenvalue weighted by atomic mass is 10.1. The molecule has 7 heteroatoms. The summed E-state index contributed by atoms with van der Waals surface area (Å²) in [5.74, 6) is -0.0980. The van der Waals surface area contributed by atoms with Crippen molar-refractivity contribution in [3.05, 3.63) is 41.3 Å². The molecular formula is C15H14N4O3. The number of anilines is 1. The van der Waals surface area contributed by atoms with Crippen LogP contribution in [0.1, 0.15) is 31.2 Å². The van der Waals surface area contributed by atoms with E-state index >= 15 is 0 Å². The number of nitrogens with one attached hydrogen (secondary N) is 1. The largest absolute Gasteiger partial charge is 0.508 e. The highest BCUT2D eigenvalue weighted by Crippen LogP contribution is 2.16. The minimum Gasteiger partial charge on any atom is -0.508 e. The van der Waals surface area contributed by atoms with Crippen LogP contribution in [-0.4, -0.2) is 21.2 Å². The second kappa shape index (κ2) is 6.54. The SMILES string of the molecule is CC(C)c1nnc(NC(=O)/C(C#N)=C/c2ccc(O)cc2)o1. The van der Waals surface area contributed by atoms with E-state index in [9.17, 15) is 9.90 Å². The molecule has 0 bridgehead atoms. The highest BCUT2D eigenvalue weighted by molar-refractivity contribution is 6.08. The van der Waals surface area contributed by atoms with Gasteiger partial charge in [-0.15, -0.1) is 5.10 Å². The molecule has 7 nitrogen and oxygen atoms in total. The van der Waals surface area contributed by atoms with Crippen molar-refractivity contribution in [1.29, 1.82) is 5.26 Å². The summed E-state index contributed by atoms with van der Waals surface area (Å²) in [6.07, 6.45) is 1.40. The summed E-state index contributed by atoms with van der Waals surface area (Å²) in [6.45, 7) is 3.76. The molecule has 0 aliphatic rings. The number of nitrogens with zero attached hydrogens (tertiary/aromatic N) is 3. The Morgan fingerprint density at radius 3 is 2.59 bits per heavy atom. The van der Waals surface area contributed by atoms with E-state index in [1.165, 1.54) is 18.2 Å². The highest BCUT2D eigenvalue weighted by Gasteiger charge is 2.15. The molecule has 0 spiro atoms.